The number of carbonyl (C=O) groups excluding carboxylic acids is 4. The predicted octanol–water partition coefficient (Wildman–Crippen LogP) is 8.25. The quantitative estimate of drug-likeness (QED) is 0.170. The van der Waals surface area contributed by atoms with Gasteiger partial charge in [0.25, 0.3) is 0 Å². The van der Waals surface area contributed by atoms with Crippen LogP contribution in [0.5, 0.6) is 0 Å². The van der Waals surface area contributed by atoms with E-state index in [1.54, 1.807) is 6.92 Å². The Balaban J connectivity index is 0.000000325. The molecule has 0 aromatic heterocycles. The van der Waals surface area contributed by atoms with E-state index >= 15 is 0 Å². The second-order valence-corrected chi connectivity index (χ2v) is 17.4. The molecule has 0 unspecified atom stereocenters. The molecule has 16 heteroatoms. The van der Waals surface area contributed by atoms with Gasteiger partial charge in [0, 0.05) is 93.4 Å². The summed E-state index contributed by atoms with van der Waals surface area (Å²) in [7, 11) is 0. The van der Waals surface area contributed by atoms with Crippen LogP contribution in [0.3, 0.4) is 0 Å². The fourth-order valence-electron chi connectivity index (χ4n) is 9.19. The Hall–Kier alpha value is -3.90. The third-order valence-corrected chi connectivity index (χ3v) is 12.9. The summed E-state index contributed by atoms with van der Waals surface area (Å²) < 4.78 is 36.9. The van der Waals surface area contributed by atoms with Gasteiger partial charge in [-0.15, -0.1) is 24.8 Å². The number of rotatable bonds is 15. The third-order valence-electron chi connectivity index (χ3n) is 12.9. The van der Waals surface area contributed by atoms with Crippen LogP contribution in [0.4, 0.5) is 24.5 Å². The van der Waals surface area contributed by atoms with Gasteiger partial charge in [-0.2, -0.15) is 18.4 Å². The van der Waals surface area contributed by atoms with Crippen molar-refractivity contribution in [3.05, 3.63) is 59.7 Å². The first-order valence-electron chi connectivity index (χ1n) is 22.5. The lowest BCUT2D eigenvalue weighted by Gasteiger charge is -2.37. The summed E-state index contributed by atoms with van der Waals surface area (Å²) in [6.07, 6.45) is 4.79. The summed E-state index contributed by atoms with van der Waals surface area (Å²) in [5.74, 6) is 0.543. The van der Waals surface area contributed by atoms with Crippen LogP contribution in [-0.2, 0) is 9.59 Å². The Labute approximate surface area is 384 Å². The zero-order valence-corrected chi connectivity index (χ0v) is 38.6. The molecule has 2 saturated heterocycles. The van der Waals surface area contributed by atoms with Crippen molar-refractivity contribution in [2.24, 2.45) is 11.8 Å². The number of piperazine rings is 2. The normalized spacial score (nSPS) is 21.9. The molecule has 11 nitrogen and oxygen atoms in total. The van der Waals surface area contributed by atoms with Crippen LogP contribution in [0.25, 0.3) is 0 Å². The fraction of sp³-hybridized carbons (Fsp3) is 0.638. The predicted molar refractivity (Wildman–Crippen MR) is 247 cm³/mol. The molecule has 0 radical (unpaired) electrons. The number of anilines is 2. The number of hydrogen-bond acceptors (Lipinski definition) is 9. The van der Waals surface area contributed by atoms with E-state index in [9.17, 15) is 32.3 Å². The maximum Gasteiger partial charge on any atom is 0.397 e. The topological polar surface area (TPSA) is 129 Å². The molecule has 0 atom stereocenters. The summed E-state index contributed by atoms with van der Waals surface area (Å²) in [6, 6.07) is 17.9. The van der Waals surface area contributed by atoms with Gasteiger partial charge in [0.05, 0.1) is 6.07 Å². The summed E-state index contributed by atoms with van der Waals surface area (Å²) >= 11 is 0. The summed E-state index contributed by atoms with van der Waals surface area (Å²) in [5, 5.41) is 14.1. The Kier molecular flexibility index (Phi) is 22.7. The fourth-order valence-corrected chi connectivity index (χ4v) is 9.19. The number of Topliss-reactive ketones (excluding diaryl/α,β-unsaturated/α-hetero) is 2. The highest BCUT2D eigenvalue weighted by molar-refractivity contribution is 5.96. The second kappa shape index (κ2) is 26.8. The highest BCUT2D eigenvalue weighted by Gasteiger charge is 2.33. The van der Waals surface area contributed by atoms with Crippen LogP contribution in [0, 0.1) is 23.2 Å². The van der Waals surface area contributed by atoms with Gasteiger partial charge in [-0.25, -0.2) is 0 Å². The maximum absolute atomic E-state index is 12.3. The summed E-state index contributed by atoms with van der Waals surface area (Å²) in [4.78, 5) is 56.3. The number of nitrogens with zero attached hydrogens (tertiary/aromatic N) is 5. The lowest BCUT2D eigenvalue weighted by Crippen LogP contribution is -2.47. The molecule has 4 fully saturated rings. The molecule has 2 N–H and O–H groups in total. The van der Waals surface area contributed by atoms with Gasteiger partial charge in [-0.3, -0.25) is 29.0 Å². The number of carbonyl (C=O) groups is 4. The molecule has 2 aliphatic carbocycles. The van der Waals surface area contributed by atoms with E-state index in [1.165, 1.54) is 6.42 Å². The van der Waals surface area contributed by atoms with E-state index in [4.69, 9.17) is 5.26 Å². The molecule has 2 aromatic carbocycles. The largest absolute Gasteiger partial charge is 0.397 e. The first-order chi connectivity index (χ1) is 29.3. The van der Waals surface area contributed by atoms with Crippen molar-refractivity contribution < 1.29 is 32.3 Å². The minimum absolute atomic E-state index is 0. The van der Waals surface area contributed by atoms with Gasteiger partial charge in [-0.05, 0) is 120 Å². The van der Waals surface area contributed by atoms with E-state index < -0.39 is 18.5 Å². The molecular formula is C47H68Cl2F3N7O4. The van der Waals surface area contributed by atoms with E-state index in [0.717, 1.165) is 152 Å². The van der Waals surface area contributed by atoms with Gasteiger partial charge in [-0.1, -0.05) is 31.2 Å². The van der Waals surface area contributed by atoms with Gasteiger partial charge in [0.15, 0.2) is 11.6 Å². The first-order valence-corrected chi connectivity index (χ1v) is 22.5. The van der Waals surface area contributed by atoms with Crippen molar-refractivity contribution in [3.63, 3.8) is 0 Å². The summed E-state index contributed by atoms with van der Waals surface area (Å²) in [6.45, 7) is 13.6. The Morgan fingerprint density at radius 2 is 1.10 bits per heavy atom. The van der Waals surface area contributed by atoms with Gasteiger partial charge >= 0.3 is 6.18 Å². The van der Waals surface area contributed by atoms with Crippen LogP contribution in [0.15, 0.2) is 48.5 Å². The van der Waals surface area contributed by atoms with Crippen LogP contribution < -0.4 is 20.4 Å². The number of amides is 2. The molecule has 2 heterocycles. The molecule has 350 valence electrons. The molecule has 2 amide bonds. The number of ketones is 2. The van der Waals surface area contributed by atoms with Crippen LogP contribution in [-0.4, -0.2) is 117 Å². The van der Waals surface area contributed by atoms with E-state index in [-0.39, 0.29) is 60.8 Å². The highest BCUT2D eigenvalue weighted by atomic mass is 35.5. The van der Waals surface area contributed by atoms with Crippen molar-refractivity contribution in [3.8, 4) is 6.07 Å². The SMILES string of the molecule is CC(=O)c1cccc(N2CCN(CCC3CCC(NC(=O)CC(F)(F)F)CC3)CC2)c1.CCC(=O)c1cccc(N2CCN(CCC3CCC(NC(=O)CC#N)CC3)CC2)c1.Cl.Cl. The van der Waals surface area contributed by atoms with E-state index in [2.05, 4.69) is 36.3 Å². The molecule has 63 heavy (non-hydrogen) atoms. The molecule has 2 aliphatic heterocycles. The first kappa shape index (κ1) is 53.4. The van der Waals surface area contributed by atoms with Crippen LogP contribution in [0.2, 0.25) is 0 Å². The minimum atomic E-state index is -4.44. The number of hydrogen-bond donors (Lipinski definition) is 2. The smallest absolute Gasteiger partial charge is 0.369 e. The van der Waals surface area contributed by atoms with Crippen molar-refractivity contribution >= 4 is 59.6 Å². The zero-order valence-electron chi connectivity index (χ0n) is 37.0. The third kappa shape index (κ3) is 18.2. The van der Waals surface area contributed by atoms with Crippen molar-refractivity contribution in [1.82, 2.24) is 20.4 Å². The van der Waals surface area contributed by atoms with Crippen molar-refractivity contribution in [1.29, 1.82) is 5.26 Å². The Bertz CT molecular complexity index is 1780. The molecule has 2 saturated carbocycles. The van der Waals surface area contributed by atoms with Crippen molar-refractivity contribution in [2.75, 3.05) is 75.2 Å². The summed E-state index contributed by atoms with van der Waals surface area (Å²) in [5.41, 5.74) is 3.81. The minimum Gasteiger partial charge on any atom is -0.369 e. The lowest BCUT2D eigenvalue weighted by atomic mass is 9.84. The number of benzene rings is 2. The Morgan fingerprint density at radius 1 is 0.667 bits per heavy atom. The maximum atomic E-state index is 12.3. The molecule has 0 spiro atoms. The van der Waals surface area contributed by atoms with Crippen molar-refractivity contribution in [2.45, 2.75) is 116 Å². The molecule has 0 bridgehead atoms. The van der Waals surface area contributed by atoms with Crippen LogP contribution in [0.1, 0.15) is 118 Å². The van der Waals surface area contributed by atoms with E-state index in [0.29, 0.717) is 12.3 Å². The molecule has 2 aromatic rings. The Morgan fingerprint density at radius 3 is 1.51 bits per heavy atom. The van der Waals surface area contributed by atoms with Gasteiger partial charge in [0.2, 0.25) is 11.8 Å². The monoisotopic (exact) mass is 921 g/mol. The standard InChI is InChI=1S/C24H34N4O2.C23H32F3N3O2.2ClH/c1-2-23(29)20-4-3-5-22(18-20)28-16-14-27(15-17-28)13-11-19-6-8-21(9-7-19)26-24(30)10-12-25;1-17(30)19-3-2-4-21(15-19)29-13-11-28(12-14-29)10-9-18-5-7-20(8-6-18)27-22(31)16-23(24,25)26;;/h3-5,18-19,21H,2,6-11,13-17H2,1H3,(H,26,30);2-4,15,18,20H,5-14,16H2,1H3,(H,27,31);2*1H. The molecular weight excluding hydrogens is 854 g/mol. The van der Waals surface area contributed by atoms with Gasteiger partial charge < -0.3 is 20.4 Å². The van der Waals surface area contributed by atoms with Gasteiger partial charge in [0.1, 0.15) is 12.8 Å². The average molecular weight is 923 g/mol. The zero-order chi connectivity index (χ0) is 43.8. The molecule has 6 rings (SSSR count). The second-order valence-electron chi connectivity index (χ2n) is 17.4. The van der Waals surface area contributed by atoms with E-state index in [1.807, 2.05) is 55.5 Å². The number of nitrogens with one attached hydrogen (secondary N) is 2. The van der Waals surface area contributed by atoms with Crippen LogP contribution >= 0.6 is 24.8 Å². The highest BCUT2D eigenvalue weighted by Crippen LogP contribution is 2.30. The number of halogens is 5. The number of alkyl halides is 3. The lowest BCUT2D eigenvalue weighted by molar-refractivity contribution is -0.154. The number of nitriles is 1. The average Bonchev–Trinajstić information content (AvgIpc) is 3.25. The molecule has 4 aliphatic rings.